The zero-order chi connectivity index (χ0) is 14.5. The first kappa shape index (κ1) is 14.1. The van der Waals surface area contributed by atoms with Crippen molar-refractivity contribution in [2.45, 2.75) is 25.3 Å². The lowest BCUT2D eigenvalue weighted by Crippen LogP contribution is -2.48. The fourth-order valence-corrected chi connectivity index (χ4v) is 3.40. The monoisotopic (exact) mass is 301 g/mol. The van der Waals surface area contributed by atoms with Gasteiger partial charge in [0.1, 0.15) is 5.82 Å². The Bertz CT molecular complexity index is 570. The molecule has 1 N–H and O–H groups in total. The molecular formula is C16H19N3OS. The van der Waals surface area contributed by atoms with Crippen LogP contribution >= 0.6 is 11.3 Å². The molecule has 0 spiro atoms. The third-order valence-corrected chi connectivity index (χ3v) is 4.55. The Morgan fingerprint density at radius 3 is 3.10 bits per heavy atom. The molecule has 5 heteroatoms. The van der Waals surface area contributed by atoms with Gasteiger partial charge in [-0.2, -0.15) is 0 Å². The molecule has 1 aliphatic rings. The van der Waals surface area contributed by atoms with E-state index < -0.39 is 0 Å². The summed E-state index contributed by atoms with van der Waals surface area (Å²) in [4.78, 5) is 19.8. The van der Waals surface area contributed by atoms with E-state index in [0.717, 1.165) is 36.6 Å². The van der Waals surface area contributed by atoms with E-state index in [1.54, 1.807) is 11.3 Å². The number of nitrogens with one attached hydrogen (secondary N) is 1. The van der Waals surface area contributed by atoms with Gasteiger partial charge in [0.15, 0.2) is 0 Å². The summed E-state index contributed by atoms with van der Waals surface area (Å²) in [6.45, 7) is 1.85. The lowest BCUT2D eigenvalue weighted by molar-refractivity contribution is -0.121. The van der Waals surface area contributed by atoms with E-state index in [-0.39, 0.29) is 11.9 Å². The molecule has 1 amide bonds. The summed E-state index contributed by atoms with van der Waals surface area (Å²) in [6, 6.07) is 10.2. The second-order valence-electron chi connectivity index (χ2n) is 5.30. The lowest BCUT2D eigenvalue weighted by atomic mass is 10.1. The molecule has 0 saturated carbocycles. The van der Waals surface area contributed by atoms with E-state index in [2.05, 4.69) is 15.2 Å². The highest BCUT2D eigenvalue weighted by Gasteiger charge is 2.22. The fourth-order valence-electron chi connectivity index (χ4n) is 2.69. The third-order valence-electron chi connectivity index (χ3n) is 3.67. The minimum atomic E-state index is 0.116. The Hall–Kier alpha value is -1.88. The van der Waals surface area contributed by atoms with Crippen LogP contribution in [0.15, 0.2) is 41.9 Å². The topological polar surface area (TPSA) is 45.2 Å². The first-order chi connectivity index (χ1) is 10.3. The first-order valence-corrected chi connectivity index (χ1v) is 8.17. The molecule has 3 rings (SSSR count). The Balaban J connectivity index is 1.55. The van der Waals surface area contributed by atoms with Crippen molar-refractivity contribution in [3.05, 3.63) is 46.8 Å². The lowest BCUT2D eigenvalue weighted by Gasteiger charge is -2.33. The van der Waals surface area contributed by atoms with Crippen LogP contribution in [0.5, 0.6) is 0 Å². The van der Waals surface area contributed by atoms with Crippen LogP contribution in [0.2, 0.25) is 0 Å². The first-order valence-electron chi connectivity index (χ1n) is 7.29. The quantitative estimate of drug-likeness (QED) is 0.943. The molecule has 3 heterocycles. The molecule has 0 unspecified atom stereocenters. The molecule has 0 radical (unpaired) electrons. The molecule has 0 aliphatic carbocycles. The third kappa shape index (κ3) is 3.82. The molecule has 110 valence electrons. The highest BCUT2D eigenvalue weighted by Crippen LogP contribution is 2.17. The number of piperidine rings is 1. The van der Waals surface area contributed by atoms with Gasteiger partial charge < -0.3 is 10.2 Å². The van der Waals surface area contributed by atoms with E-state index >= 15 is 0 Å². The van der Waals surface area contributed by atoms with Gasteiger partial charge in [-0.15, -0.1) is 11.3 Å². The Kier molecular flexibility index (Phi) is 4.50. The Morgan fingerprint density at radius 1 is 1.38 bits per heavy atom. The van der Waals surface area contributed by atoms with Gasteiger partial charge in [-0.3, -0.25) is 4.79 Å². The predicted molar refractivity (Wildman–Crippen MR) is 85.6 cm³/mol. The Labute approximate surface area is 128 Å². The number of aromatic nitrogens is 1. The highest BCUT2D eigenvalue weighted by molar-refractivity contribution is 7.10. The molecule has 2 aromatic heterocycles. The summed E-state index contributed by atoms with van der Waals surface area (Å²) in [6.07, 6.45) is 4.42. The maximum absolute atomic E-state index is 12.1. The van der Waals surface area contributed by atoms with E-state index in [4.69, 9.17) is 0 Å². The maximum atomic E-state index is 12.1. The Morgan fingerprint density at radius 2 is 2.33 bits per heavy atom. The molecule has 1 saturated heterocycles. The number of nitrogens with zero attached hydrogens (tertiary/aromatic N) is 2. The van der Waals surface area contributed by atoms with Crippen molar-refractivity contribution in [1.29, 1.82) is 0 Å². The zero-order valence-corrected chi connectivity index (χ0v) is 12.7. The van der Waals surface area contributed by atoms with E-state index in [9.17, 15) is 4.79 Å². The number of rotatable bonds is 4. The van der Waals surface area contributed by atoms with Gasteiger partial charge in [0.2, 0.25) is 5.91 Å². The number of hydrogen-bond acceptors (Lipinski definition) is 4. The summed E-state index contributed by atoms with van der Waals surface area (Å²) in [5.74, 6) is 1.11. The van der Waals surface area contributed by atoms with Crippen LogP contribution in [-0.2, 0) is 11.2 Å². The standard InChI is InChI=1S/C16H19N3OS/c20-16(11-14-6-4-10-21-14)18-13-5-3-9-19(12-13)15-7-1-2-8-17-15/h1-2,4,6-8,10,13H,3,5,9,11-12H2,(H,18,20)/t13-/m0/s1. The van der Waals surface area contributed by atoms with Crippen LogP contribution < -0.4 is 10.2 Å². The van der Waals surface area contributed by atoms with Crippen molar-refractivity contribution in [3.8, 4) is 0 Å². The number of hydrogen-bond donors (Lipinski definition) is 1. The second kappa shape index (κ2) is 6.72. The van der Waals surface area contributed by atoms with Crippen molar-refractivity contribution in [3.63, 3.8) is 0 Å². The number of carbonyl (C=O) groups excluding carboxylic acids is 1. The van der Waals surface area contributed by atoms with E-state index in [1.165, 1.54) is 0 Å². The van der Waals surface area contributed by atoms with Crippen molar-refractivity contribution < 1.29 is 4.79 Å². The molecule has 4 nitrogen and oxygen atoms in total. The number of amides is 1. The summed E-state index contributed by atoms with van der Waals surface area (Å²) in [5.41, 5.74) is 0. The number of carbonyl (C=O) groups is 1. The molecule has 0 bridgehead atoms. The van der Waals surface area contributed by atoms with Crippen LogP contribution in [-0.4, -0.2) is 30.0 Å². The summed E-state index contributed by atoms with van der Waals surface area (Å²) < 4.78 is 0. The highest BCUT2D eigenvalue weighted by atomic mass is 32.1. The van der Waals surface area contributed by atoms with Crippen molar-refractivity contribution in [2.75, 3.05) is 18.0 Å². The van der Waals surface area contributed by atoms with Gasteiger partial charge in [0.05, 0.1) is 6.42 Å². The van der Waals surface area contributed by atoms with Crippen LogP contribution in [0.1, 0.15) is 17.7 Å². The van der Waals surface area contributed by atoms with Crippen LogP contribution in [0, 0.1) is 0 Å². The molecule has 2 aromatic rings. The fraction of sp³-hybridized carbons (Fsp3) is 0.375. The smallest absolute Gasteiger partial charge is 0.225 e. The SMILES string of the molecule is O=C(Cc1cccs1)N[C@H]1CCCN(c2ccccn2)C1. The van der Waals surface area contributed by atoms with Crippen molar-refractivity contribution in [1.82, 2.24) is 10.3 Å². The molecule has 0 aromatic carbocycles. The van der Waals surface area contributed by atoms with Gasteiger partial charge >= 0.3 is 0 Å². The van der Waals surface area contributed by atoms with Crippen LogP contribution in [0.25, 0.3) is 0 Å². The van der Waals surface area contributed by atoms with E-state index in [1.807, 2.05) is 41.9 Å². The van der Waals surface area contributed by atoms with Gasteiger partial charge in [-0.1, -0.05) is 12.1 Å². The number of pyridine rings is 1. The van der Waals surface area contributed by atoms with E-state index in [0.29, 0.717) is 6.42 Å². The molecule has 1 atom stereocenters. The zero-order valence-electron chi connectivity index (χ0n) is 11.9. The number of thiophene rings is 1. The summed E-state index contributed by atoms with van der Waals surface area (Å²) in [5, 5.41) is 5.16. The van der Waals surface area contributed by atoms with Gasteiger partial charge in [0.25, 0.3) is 0 Å². The largest absolute Gasteiger partial charge is 0.355 e. The maximum Gasteiger partial charge on any atom is 0.225 e. The summed E-state index contributed by atoms with van der Waals surface area (Å²) >= 11 is 1.63. The van der Waals surface area contributed by atoms with Crippen LogP contribution in [0.4, 0.5) is 5.82 Å². The van der Waals surface area contributed by atoms with Crippen LogP contribution in [0.3, 0.4) is 0 Å². The molecule has 1 fully saturated rings. The minimum absolute atomic E-state index is 0.116. The van der Waals surface area contributed by atoms with Gasteiger partial charge in [0, 0.05) is 30.2 Å². The summed E-state index contributed by atoms with van der Waals surface area (Å²) in [7, 11) is 0. The van der Waals surface area contributed by atoms with Gasteiger partial charge in [-0.25, -0.2) is 4.98 Å². The molecule has 1 aliphatic heterocycles. The minimum Gasteiger partial charge on any atom is -0.355 e. The normalized spacial score (nSPS) is 18.5. The predicted octanol–water partition coefficient (Wildman–Crippen LogP) is 2.47. The average Bonchev–Trinajstić information content (AvgIpc) is 3.01. The molecular weight excluding hydrogens is 282 g/mol. The second-order valence-corrected chi connectivity index (χ2v) is 6.33. The molecule has 21 heavy (non-hydrogen) atoms. The van der Waals surface area contributed by atoms with Crippen molar-refractivity contribution in [2.24, 2.45) is 0 Å². The van der Waals surface area contributed by atoms with Crippen molar-refractivity contribution >= 4 is 23.1 Å². The van der Waals surface area contributed by atoms with Gasteiger partial charge in [-0.05, 0) is 36.4 Å². The average molecular weight is 301 g/mol. The number of anilines is 1.